The Labute approximate surface area is 112 Å². The van der Waals surface area contributed by atoms with Gasteiger partial charge < -0.3 is 9.88 Å². The quantitative estimate of drug-likeness (QED) is 0.819. The van der Waals surface area contributed by atoms with E-state index >= 15 is 0 Å². The molecule has 1 aromatic heterocycles. The summed E-state index contributed by atoms with van der Waals surface area (Å²) in [5, 5.41) is 21.4. The average molecular weight is 265 g/mol. The van der Waals surface area contributed by atoms with Crippen LogP contribution in [-0.2, 0) is 13.0 Å². The molecule has 0 amide bonds. The zero-order valence-corrected chi connectivity index (χ0v) is 11.5. The Balaban J connectivity index is 1.90. The van der Waals surface area contributed by atoms with Crippen LogP contribution in [0.5, 0.6) is 0 Å². The standard InChI is InChI=1S/C12H19N5S/c1-14-10(9-13)6-8-18-12-16-15-11-5-3-2-4-7-17(11)12/h10,14H,2-8H2,1H3. The monoisotopic (exact) mass is 265 g/mol. The molecule has 0 saturated heterocycles. The SMILES string of the molecule is CNC(C#N)CCSc1nnc2n1CCCCC2. The van der Waals surface area contributed by atoms with Crippen molar-refractivity contribution >= 4 is 11.8 Å². The van der Waals surface area contributed by atoms with Crippen molar-refractivity contribution in [1.29, 1.82) is 5.26 Å². The third-order valence-corrected chi connectivity index (χ3v) is 4.22. The molecule has 6 heteroatoms. The van der Waals surface area contributed by atoms with Gasteiger partial charge in [0.2, 0.25) is 0 Å². The fraction of sp³-hybridized carbons (Fsp3) is 0.750. The molecule has 1 aliphatic heterocycles. The molecule has 2 rings (SSSR count). The number of aryl methyl sites for hydroxylation is 1. The molecule has 1 unspecified atom stereocenters. The van der Waals surface area contributed by atoms with E-state index in [4.69, 9.17) is 5.26 Å². The molecule has 0 spiro atoms. The number of aromatic nitrogens is 3. The number of nitrogens with one attached hydrogen (secondary N) is 1. The average Bonchev–Trinajstić information content (AvgIpc) is 2.63. The Morgan fingerprint density at radius 3 is 3.11 bits per heavy atom. The first-order valence-corrected chi connectivity index (χ1v) is 7.45. The lowest BCUT2D eigenvalue weighted by Crippen LogP contribution is -2.23. The van der Waals surface area contributed by atoms with E-state index in [1.54, 1.807) is 11.8 Å². The number of nitrogens with zero attached hydrogens (tertiary/aromatic N) is 4. The molecule has 0 aromatic carbocycles. The van der Waals surface area contributed by atoms with Crippen molar-refractivity contribution in [1.82, 2.24) is 20.1 Å². The van der Waals surface area contributed by atoms with Gasteiger partial charge in [0.05, 0.1) is 12.1 Å². The molecule has 5 nitrogen and oxygen atoms in total. The van der Waals surface area contributed by atoms with Crippen molar-refractivity contribution in [3.63, 3.8) is 0 Å². The molecule has 98 valence electrons. The fourth-order valence-corrected chi connectivity index (χ4v) is 3.09. The highest BCUT2D eigenvalue weighted by Gasteiger charge is 2.15. The van der Waals surface area contributed by atoms with Crippen LogP contribution in [-0.4, -0.2) is 33.6 Å². The molecular weight excluding hydrogens is 246 g/mol. The van der Waals surface area contributed by atoms with Gasteiger partial charge in [-0.25, -0.2) is 0 Å². The summed E-state index contributed by atoms with van der Waals surface area (Å²) in [6, 6.07) is 2.17. The van der Waals surface area contributed by atoms with Crippen molar-refractivity contribution in [2.24, 2.45) is 0 Å². The highest BCUT2D eigenvalue weighted by atomic mass is 32.2. The molecule has 0 bridgehead atoms. The largest absolute Gasteiger partial charge is 0.306 e. The van der Waals surface area contributed by atoms with Crippen molar-refractivity contribution in [3.8, 4) is 6.07 Å². The van der Waals surface area contributed by atoms with Crippen molar-refractivity contribution < 1.29 is 0 Å². The first kappa shape index (κ1) is 13.4. The second-order valence-corrected chi connectivity index (χ2v) is 5.53. The first-order valence-electron chi connectivity index (χ1n) is 6.47. The fourth-order valence-electron chi connectivity index (χ4n) is 2.11. The molecule has 1 aliphatic rings. The van der Waals surface area contributed by atoms with Gasteiger partial charge in [-0.05, 0) is 26.3 Å². The van der Waals surface area contributed by atoms with Crippen LogP contribution in [0.1, 0.15) is 31.5 Å². The van der Waals surface area contributed by atoms with Crippen LogP contribution in [0.25, 0.3) is 0 Å². The Hall–Kier alpha value is -1.06. The molecule has 18 heavy (non-hydrogen) atoms. The van der Waals surface area contributed by atoms with Crippen LogP contribution in [0.2, 0.25) is 0 Å². The van der Waals surface area contributed by atoms with E-state index < -0.39 is 0 Å². The third-order valence-electron chi connectivity index (χ3n) is 3.22. The van der Waals surface area contributed by atoms with Gasteiger partial charge in [-0.2, -0.15) is 5.26 Å². The van der Waals surface area contributed by atoms with Crippen LogP contribution in [0.4, 0.5) is 0 Å². The van der Waals surface area contributed by atoms with Gasteiger partial charge in [0.1, 0.15) is 5.82 Å². The van der Waals surface area contributed by atoms with Gasteiger partial charge in [0, 0.05) is 18.7 Å². The summed E-state index contributed by atoms with van der Waals surface area (Å²) < 4.78 is 2.25. The summed E-state index contributed by atoms with van der Waals surface area (Å²) in [4.78, 5) is 0. The zero-order valence-electron chi connectivity index (χ0n) is 10.7. The molecule has 1 N–H and O–H groups in total. The predicted molar refractivity (Wildman–Crippen MR) is 71.4 cm³/mol. The highest BCUT2D eigenvalue weighted by molar-refractivity contribution is 7.99. The van der Waals surface area contributed by atoms with Gasteiger partial charge >= 0.3 is 0 Å². The Morgan fingerprint density at radius 2 is 2.33 bits per heavy atom. The molecule has 0 radical (unpaired) electrons. The lowest BCUT2D eigenvalue weighted by Gasteiger charge is -2.08. The van der Waals surface area contributed by atoms with E-state index in [0.29, 0.717) is 0 Å². The van der Waals surface area contributed by atoms with E-state index in [1.807, 2.05) is 7.05 Å². The van der Waals surface area contributed by atoms with Gasteiger partial charge in [0.15, 0.2) is 5.16 Å². The van der Waals surface area contributed by atoms with E-state index in [0.717, 1.165) is 36.1 Å². The summed E-state index contributed by atoms with van der Waals surface area (Å²) >= 11 is 1.71. The Kier molecular flexibility index (Phi) is 5.02. The number of hydrogen-bond donors (Lipinski definition) is 1. The number of rotatable bonds is 5. The van der Waals surface area contributed by atoms with Gasteiger partial charge in [-0.3, -0.25) is 0 Å². The van der Waals surface area contributed by atoms with Crippen LogP contribution >= 0.6 is 11.8 Å². The minimum Gasteiger partial charge on any atom is -0.306 e. The van der Waals surface area contributed by atoms with Crippen molar-refractivity contribution in [3.05, 3.63) is 5.82 Å². The van der Waals surface area contributed by atoms with Gasteiger partial charge in [-0.1, -0.05) is 18.2 Å². The summed E-state index contributed by atoms with van der Waals surface area (Å²) in [5.74, 6) is 2.03. The lowest BCUT2D eigenvalue weighted by atomic mass is 10.2. The summed E-state index contributed by atoms with van der Waals surface area (Å²) in [5.41, 5.74) is 0. The third kappa shape index (κ3) is 3.24. The molecule has 1 aromatic rings. The van der Waals surface area contributed by atoms with E-state index in [2.05, 4.69) is 26.2 Å². The molecule has 0 saturated carbocycles. The van der Waals surface area contributed by atoms with Gasteiger partial charge in [0.25, 0.3) is 0 Å². The number of thioether (sulfide) groups is 1. The summed E-state index contributed by atoms with van der Waals surface area (Å²) in [6.45, 7) is 1.04. The van der Waals surface area contributed by atoms with Crippen LogP contribution in [0.15, 0.2) is 5.16 Å². The molecule has 0 aliphatic carbocycles. The topological polar surface area (TPSA) is 66.5 Å². The highest BCUT2D eigenvalue weighted by Crippen LogP contribution is 2.22. The maximum Gasteiger partial charge on any atom is 0.191 e. The maximum atomic E-state index is 8.86. The van der Waals surface area contributed by atoms with Crippen LogP contribution in [0, 0.1) is 11.3 Å². The Bertz CT molecular complexity index is 423. The zero-order chi connectivity index (χ0) is 12.8. The second kappa shape index (κ2) is 6.76. The van der Waals surface area contributed by atoms with E-state index in [9.17, 15) is 0 Å². The van der Waals surface area contributed by atoms with Crippen LogP contribution in [0.3, 0.4) is 0 Å². The minimum absolute atomic E-state index is 0.0657. The van der Waals surface area contributed by atoms with Gasteiger partial charge in [-0.15, -0.1) is 10.2 Å². The minimum atomic E-state index is -0.0657. The molecule has 2 heterocycles. The van der Waals surface area contributed by atoms with Crippen molar-refractivity contribution in [2.45, 2.75) is 49.8 Å². The second-order valence-electron chi connectivity index (χ2n) is 4.47. The normalized spacial score (nSPS) is 16.7. The van der Waals surface area contributed by atoms with Crippen molar-refractivity contribution in [2.75, 3.05) is 12.8 Å². The predicted octanol–water partition coefficient (Wildman–Crippen LogP) is 1.60. The lowest BCUT2D eigenvalue weighted by molar-refractivity contribution is 0.590. The molecular formula is C12H19N5S. The smallest absolute Gasteiger partial charge is 0.191 e. The molecule has 1 atom stereocenters. The number of nitriles is 1. The van der Waals surface area contributed by atoms with Crippen LogP contribution < -0.4 is 5.32 Å². The number of fused-ring (bicyclic) bond motifs is 1. The summed E-state index contributed by atoms with van der Waals surface area (Å²) in [7, 11) is 1.82. The first-order chi connectivity index (χ1) is 8.85. The Morgan fingerprint density at radius 1 is 1.44 bits per heavy atom. The summed E-state index contributed by atoms with van der Waals surface area (Å²) in [6.07, 6.45) is 5.60. The van der Waals surface area contributed by atoms with E-state index in [-0.39, 0.29) is 6.04 Å². The van der Waals surface area contributed by atoms with E-state index in [1.165, 1.54) is 19.3 Å². The maximum absolute atomic E-state index is 8.86. The number of hydrogen-bond acceptors (Lipinski definition) is 5. The molecule has 0 fully saturated rings.